The van der Waals surface area contributed by atoms with Crippen molar-refractivity contribution in [2.24, 2.45) is 4.40 Å². The lowest BCUT2D eigenvalue weighted by Gasteiger charge is -2.02. The fourth-order valence-electron chi connectivity index (χ4n) is 1.47. The first-order chi connectivity index (χ1) is 9.92. The van der Waals surface area contributed by atoms with Gasteiger partial charge in [0.2, 0.25) is 0 Å². The summed E-state index contributed by atoms with van der Waals surface area (Å²) in [4.78, 5) is 3.67. The molecule has 0 aliphatic carbocycles. The van der Waals surface area contributed by atoms with Gasteiger partial charge in [0, 0.05) is 13.3 Å². The van der Waals surface area contributed by atoms with Gasteiger partial charge in [-0.15, -0.1) is 4.40 Å². The molecule has 0 radical (unpaired) electrons. The Balaban J connectivity index is 2.39. The number of hydrogen-bond donors (Lipinski definition) is 0. The fourth-order valence-corrected chi connectivity index (χ4v) is 2.68. The van der Waals surface area contributed by atoms with Crippen LogP contribution in [-0.4, -0.2) is 25.1 Å². The Morgan fingerprint density at radius 1 is 1.43 bits per heavy atom. The molecule has 0 saturated carbocycles. The molecule has 0 unspecified atom stereocenters. The van der Waals surface area contributed by atoms with Crippen LogP contribution in [0.3, 0.4) is 0 Å². The van der Waals surface area contributed by atoms with E-state index >= 15 is 0 Å². The van der Waals surface area contributed by atoms with Crippen molar-refractivity contribution in [3.63, 3.8) is 0 Å². The second-order valence-electron chi connectivity index (χ2n) is 3.99. The Labute approximate surface area is 125 Å². The molecule has 2 aromatic rings. The maximum absolute atomic E-state index is 13.0. The predicted molar refractivity (Wildman–Crippen MR) is 73.4 cm³/mol. The normalized spacial score (nSPS) is 12.6. The van der Waals surface area contributed by atoms with E-state index < -0.39 is 15.8 Å². The van der Waals surface area contributed by atoms with E-state index in [1.807, 2.05) is 0 Å². The Morgan fingerprint density at radius 2 is 2.19 bits per heavy atom. The van der Waals surface area contributed by atoms with E-state index in [1.54, 1.807) is 10.8 Å². The zero-order valence-electron chi connectivity index (χ0n) is 10.9. The molecule has 0 aliphatic heterocycles. The second-order valence-corrected chi connectivity index (χ2v) is 6.00. The van der Waals surface area contributed by atoms with Crippen molar-refractivity contribution < 1.29 is 17.5 Å². The van der Waals surface area contributed by atoms with E-state index in [4.69, 9.17) is 16.3 Å². The summed E-state index contributed by atoms with van der Waals surface area (Å²) in [6.07, 6.45) is 2.96. The van der Waals surface area contributed by atoms with Gasteiger partial charge in [-0.25, -0.2) is 9.37 Å². The van der Waals surface area contributed by atoms with Crippen molar-refractivity contribution in [3.05, 3.63) is 53.1 Å². The smallest absolute Gasteiger partial charge is 0.284 e. The van der Waals surface area contributed by atoms with E-state index in [0.717, 1.165) is 18.2 Å². The highest BCUT2D eigenvalue weighted by molar-refractivity contribution is 7.90. The van der Waals surface area contributed by atoms with Gasteiger partial charge in [-0.1, -0.05) is 11.6 Å². The summed E-state index contributed by atoms with van der Waals surface area (Å²) in [6.45, 7) is 0.285. The van der Waals surface area contributed by atoms with Gasteiger partial charge in [-0.05, 0) is 24.3 Å². The van der Waals surface area contributed by atoms with Crippen molar-refractivity contribution in [1.29, 1.82) is 0 Å². The van der Waals surface area contributed by atoms with Crippen molar-refractivity contribution in [3.8, 4) is 0 Å². The molecule has 1 heterocycles. The topological polar surface area (TPSA) is 73.6 Å². The molecule has 0 atom stereocenters. The van der Waals surface area contributed by atoms with E-state index in [-0.39, 0.29) is 22.1 Å². The molecule has 0 N–H and O–H groups in total. The third-order valence-corrected chi connectivity index (χ3v) is 4.00. The van der Waals surface area contributed by atoms with Gasteiger partial charge in [-0.2, -0.15) is 8.42 Å². The number of methoxy groups -OCH3 is 1. The summed E-state index contributed by atoms with van der Waals surface area (Å²) in [5, 5.41) is -0.287. The van der Waals surface area contributed by atoms with E-state index in [0.29, 0.717) is 0 Å². The molecular weight excluding hydrogens is 321 g/mol. The van der Waals surface area contributed by atoms with Crippen LogP contribution in [0.4, 0.5) is 4.39 Å². The van der Waals surface area contributed by atoms with E-state index in [1.165, 1.54) is 19.5 Å². The van der Waals surface area contributed by atoms with Crippen LogP contribution >= 0.6 is 11.6 Å². The molecule has 6 nitrogen and oxygen atoms in total. The quantitative estimate of drug-likeness (QED) is 0.852. The first-order valence-electron chi connectivity index (χ1n) is 5.69. The highest BCUT2D eigenvalue weighted by Crippen LogP contribution is 2.20. The first kappa shape index (κ1) is 15.6. The molecule has 9 heteroatoms. The monoisotopic (exact) mass is 331 g/mol. The lowest BCUT2D eigenvalue weighted by atomic mass is 10.3. The minimum Gasteiger partial charge on any atom is -0.364 e. The SMILES string of the molecule is COCn1ccc(=NS(=O)(=O)c2ccc(F)c(Cl)c2)nc1. The maximum Gasteiger partial charge on any atom is 0.284 e. The zero-order valence-corrected chi connectivity index (χ0v) is 12.5. The van der Waals surface area contributed by atoms with Crippen LogP contribution in [0, 0.1) is 5.82 Å². The Kier molecular flexibility index (Phi) is 4.71. The number of sulfonamides is 1. The highest BCUT2D eigenvalue weighted by Gasteiger charge is 2.14. The minimum absolute atomic E-state index is 0.00259. The van der Waals surface area contributed by atoms with Crippen LogP contribution in [0.5, 0.6) is 0 Å². The third-order valence-electron chi connectivity index (χ3n) is 2.43. The summed E-state index contributed by atoms with van der Waals surface area (Å²) in [5.74, 6) is -0.700. The Hall–Kier alpha value is -1.77. The lowest BCUT2D eigenvalue weighted by molar-refractivity contribution is 0.129. The van der Waals surface area contributed by atoms with Gasteiger partial charge in [0.25, 0.3) is 10.0 Å². The Morgan fingerprint density at radius 3 is 2.76 bits per heavy atom. The van der Waals surface area contributed by atoms with E-state index in [9.17, 15) is 12.8 Å². The van der Waals surface area contributed by atoms with E-state index in [2.05, 4.69) is 9.38 Å². The molecule has 21 heavy (non-hydrogen) atoms. The molecule has 1 aromatic carbocycles. The first-order valence-corrected chi connectivity index (χ1v) is 7.51. The summed E-state index contributed by atoms with van der Waals surface area (Å²) < 4.78 is 47.2. The number of halogens is 2. The minimum atomic E-state index is -4.01. The standard InChI is InChI=1S/C12H11ClFN3O3S/c1-20-8-17-5-4-12(15-7-17)16-21(18,19)9-2-3-11(14)10(13)6-9/h2-7H,8H2,1H3. The van der Waals surface area contributed by atoms with Crippen LogP contribution in [0.15, 0.2) is 46.1 Å². The van der Waals surface area contributed by atoms with Crippen molar-refractivity contribution >= 4 is 21.6 Å². The molecule has 1 aromatic heterocycles. The number of rotatable bonds is 4. The summed E-state index contributed by atoms with van der Waals surface area (Å²) in [5.41, 5.74) is 0.00259. The van der Waals surface area contributed by atoms with Crippen LogP contribution in [0.25, 0.3) is 0 Å². The van der Waals surface area contributed by atoms with Crippen LogP contribution < -0.4 is 5.49 Å². The number of hydrogen-bond acceptors (Lipinski definition) is 4. The van der Waals surface area contributed by atoms with Gasteiger partial charge in [0.05, 0.1) is 16.2 Å². The number of benzene rings is 1. The molecule has 112 valence electrons. The van der Waals surface area contributed by atoms with Crippen molar-refractivity contribution in [2.45, 2.75) is 11.6 Å². The predicted octanol–water partition coefficient (Wildman–Crippen LogP) is 1.57. The molecule has 0 amide bonds. The molecule has 2 rings (SSSR count). The van der Waals surface area contributed by atoms with Crippen LogP contribution in [0.2, 0.25) is 5.02 Å². The van der Waals surface area contributed by atoms with Crippen LogP contribution in [0.1, 0.15) is 0 Å². The largest absolute Gasteiger partial charge is 0.364 e. The molecule has 0 saturated heterocycles. The number of aromatic nitrogens is 2. The van der Waals surface area contributed by atoms with Gasteiger partial charge >= 0.3 is 0 Å². The fraction of sp³-hybridized carbons (Fsp3) is 0.167. The average molecular weight is 332 g/mol. The lowest BCUT2D eigenvalue weighted by Crippen LogP contribution is -2.14. The van der Waals surface area contributed by atoms with Crippen LogP contribution in [-0.2, 0) is 21.5 Å². The summed E-state index contributed by atoms with van der Waals surface area (Å²) in [6, 6.07) is 4.48. The molecule has 0 bridgehead atoms. The van der Waals surface area contributed by atoms with Crippen molar-refractivity contribution in [2.75, 3.05) is 7.11 Å². The third kappa shape index (κ3) is 3.87. The maximum atomic E-state index is 13.0. The zero-order chi connectivity index (χ0) is 15.5. The van der Waals surface area contributed by atoms with Gasteiger partial charge < -0.3 is 9.30 Å². The summed E-state index contributed by atoms with van der Waals surface area (Å²) in [7, 11) is -2.49. The molecule has 0 fully saturated rings. The number of ether oxygens (including phenoxy) is 1. The van der Waals surface area contributed by atoms with Crippen molar-refractivity contribution in [1.82, 2.24) is 9.55 Å². The number of nitrogens with zero attached hydrogens (tertiary/aromatic N) is 3. The molecule has 0 spiro atoms. The second kappa shape index (κ2) is 6.33. The Bertz CT molecular complexity index is 800. The summed E-state index contributed by atoms with van der Waals surface area (Å²) >= 11 is 5.56. The highest BCUT2D eigenvalue weighted by atomic mass is 35.5. The molecular formula is C12H11ClFN3O3S. The molecule has 0 aliphatic rings. The van der Waals surface area contributed by atoms with Gasteiger partial charge in [-0.3, -0.25) is 0 Å². The van der Waals surface area contributed by atoms with Gasteiger partial charge in [0.1, 0.15) is 12.5 Å². The van der Waals surface area contributed by atoms with Gasteiger partial charge in [0.15, 0.2) is 5.49 Å². The average Bonchev–Trinajstić information content (AvgIpc) is 2.44.